The van der Waals surface area contributed by atoms with Crippen LogP contribution < -0.4 is 0 Å². The number of hydrogen-bond donors (Lipinski definition) is 4. The third-order valence-corrected chi connectivity index (χ3v) is 10.9. The van der Waals surface area contributed by atoms with Gasteiger partial charge < -0.3 is 20.4 Å². The highest BCUT2D eigenvalue weighted by molar-refractivity contribution is 5.40. The van der Waals surface area contributed by atoms with Gasteiger partial charge in [0.25, 0.3) is 0 Å². The van der Waals surface area contributed by atoms with Crippen LogP contribution in [0.25, 0.3) is 0 Å². The van der Waals surface area contributed by atoms with Crippen molar-refractivity contribution in [1.29, 1.82) is 0 Å². The first-order valence-electron chi connectivity index (χ1n) is 13.0. The quantitative estimate of drug-likeness (QED) is 0.475. The minimum Gasteiger partial charge on any atom is -0.393 e. The van der Waals surface area contributed by atoms with Gasteiger partial charge in [-0.15, -0.1) is 0 Å². The number of allylic oxidation sites excluding steroid dienone is 2. The van der Waals surface area contributed by atoms with E-state index >= 15 is 0 Å². The average Bonchev–Trinajstić information content (AvgIpc) is 3.07. The van der Waals surface area contributed by atoms with Gasteiger partial charge >= 0.3 is 0 Å². The van der Waals surface area contributed by atoms with Gasteiger partial charge in [0.1, 0.15) is 11.7 Å². The Morgan fingerprint density at radius 1 is 0.938 bits per heavy atom. The second-order valence-corrected chi connectivity index (χ2v) is 12.7. The predicted molar refractivity (Wildman–Crippen MR) is 128 cm³/mol. The van der Waals surface area contributed by atoms with Crippen LogP contribution in [0.2, 0.25) is 0 Å². The maximum absolute atomic E-state index is 12.2. The molecule has 0 amide bonds. The van der Waals surface area contributed by atoms with Crippen LogP contribution in [0.15, 0.2) is 23.8 Å². The van der Waals surface area contributed by atoms with Crippen LogP contribution in [0, 0.1) is 40.4 Å². The Morgan fingerprint density at radius 2 is 1.62 bits per heavy atom. The molecule has 4 rings (SSSR count). The van der Waals surface area contributed by atoms with Crippen LogP contribution in [0.5, 0.6) is 0 Å². The van der Waals surface area contributed by atoms with Crippen LogP contribution in [-0.2, 0) is 0 Å². The van der Waals surface area contributed by atoms with Crippen molar-refractivity contribution in [2.24, 2.45) is 40.4 Å². The first-order valence-corrected chi connectivity index (χ1v) is 13.0. The molecule has 3 fully saturated rings. The predicted octanol–water partition coefficient (Wildman–Crippen LogP) is 4.61. The van der Waals surface area contributed by atoms with Gasteiger partial charge in [-0.05, 0) is 79.1 Å². The molecule has 5 unspecified atom stereocenters. The topological polar surface area (TPSA) is 80.9 Å². The van der Waals surface area contributed by atoms with Crippen molar-refractivity contribution >= 4 is 0 Å². The highest BCUT2D eigenvalue weighted by Gasteiger charge is 2.70. The van der Waals surface area contributed by atoms with Crippen molar-refractivity contribution in [3.63, 3.8) is 0 Å². The zero-order valence-electron chi connectivity index (χ0n) is 21.0. The number of aliphatic hydroxyl groups is 4. The molecule has 0 heterocycles. The van der Waals surface area contributed by atoms with Gasteiger partial charge in [-0.3, -0.25) is 0 Å². The SMILES string of the molecule is CC(C)C(C)C=CC(C)[C@H]1CC[C@H]2C3=CC(O)C4(O)CC(O)CC[C@]4(C)[C@@]3(O)CC[C@]12C. The fourth-order valence-corrected chi connectivity index (χ4v) is 8.11. The van der Waals surface area contributed by atoms with Crippen LogP contribution in [0.1, 0.15) is 86.5 Å². The van der Waals surface area contributed by atoms with Gasteiger partial charge in [0.05, 0.1) is 11.7 Å². The summed E-state index contributed by atoms with van der Waals surface area (Å²) in [6, 6.07) is 0. The van der Waals surface area contributed by atoms with Gasteiger partial charge in [-0.2, -0.15) is 0 Å². The Kier molecular flexibility index (Phi) is 6.06. The van der Waals surface area contributed by atoms with Crippen molar-refractivity contribution in [3.8, 4) is 0 Å². The van der Waals surface area contributed by atoms with Crippen LogP contribution in [0.4, 0.5) is 0 Å². The summed E-state index contributed by atoms with van der Waals surface area (Å²) in [6.45, 7) is 13.5. The van der Waals surface area contributed by atoms with Crippen LogP contribution in [-0.4, -0.2) is 43.8 Å². The second kappa shape index (κ2) is 7.93. The molecular weight excluding hydrogens is 400 g/mol. The van der Waals surface area contributed by atoms with E-state index in [4.69, 9.17) is 0 Å². The summed E-state index contributed by atoms with van der Waals surface area (Å²) >= 11 is 0. The van der Waals surface area contributed by atoms with E-state index in [0.29, 0.717) is 42.9 Å². The standard InChI is InChI=1S/C28H46O4/c1-17(2)18(3)7-8-19(4)21-9-10-22-23-15-24(30)28(32)16-20(29)11-12-26(28,6)27(23,31)14-13-25(21,22)5/h7-8,15,17-22,24,29-32H,9-14,16H2,1-6H3/t18?,19?,20?,21-,22+,24?,25-,26-,27-,28?/m1/s1. The monoisotopic (exact) mass is 446 g/mol. The lowest BCUT2D eigenvalue weighted by Crippen LogP contribution is -2.72. The van der Waals surface area contributed by atoms with E-state index in [0.717, 1.165) is 24.8 Å². The zero-order valence-corrected chi connectivity index (χ0v) is 21.0. The van der Waals surface area contributed by atoms with E-state index in [1.165, 1.54) is 0 Å². The molecule has 4 aliphatic rings. The average molecular weight is 447 g/mol. The minimum atomic E-state index is -1.49. The lowest BCUT2D eigenvalue weighted by Gasteiger charge is -2.65. The molecule has 4 N–H and O–H groups in total. The van der Waals surface area contributed by atoms with E-state index in [-0.39, 0.29) is 17.8 Å². The molecule has 0 radical (unpaired) electrons. The molecule has 0 aromatic heterocycles. The molecule has 0 aliphatic heterocycles. The van der Waals surface area contributed by atoms with E-state index in [1.807, 2.05) is 6.92 Å². The van der Waals surface area contributed by atoms with Crippen molar-refractivity contribution in [1.82, 2.24) is 0 Å². The summed E-state index contributed by atoms with van der Waals surface area (Å²) < 4.78 is 0. The van der Waals surface area contributed by atoms with Gasteiger partial charge in [-0.1, -0.05) is 59.8 Å². The van der Waals surface area contributed by atoms with Crippen LogP contribution >= 0.6 is 0 Å². The number of hydrogen-bond acceptors (Lipinski definition) is 4. The molecule has 4 nitrogen and oxygen atoms in total. The summed E-state index contributed by atoms with van der Waals surface area (Å²) in [7, 11) is 0. The fourth-order valence-electron chi connectivity index (χ4n) is 8.11. The first-order chi connectivity index (χ1) is 14.8. The lowest BCUT2D eigenvalue weighted by molar-refractivity contribution is -0.258. The van der Waals surface area contributed by atoms with E-state index in [9.17, 15) is 20.4 Å². The number of aliphatic hydroxyl groups excluding tert-OH is 2. The highest BCUT2D eigenvalue weighted by Crippen LogP contribution is 2.69. The summed E-state index contributed by atoms with van der Waals surface area (Å²) in [6.07, 6.45) is 9.79. The third-order valence-electron chi connectivity index (χ3n) is 10.9. The molecule has 4 heteroatoms. The van der Waals surface area contributed by atoms with Gasteiger partial charge in [0.15, 0.2) is 0 Å². The molecule has 0 spiro atoms. The summed E-state index contributed by atoms with van der Waals surface area (Å²) in [5.74, 6) is 2.45. The minimum absolute atomic E-state index is 0.0859. The fraction of sp³-hybridized carbons (Fsp3) is 0.857. The smallest absolute Gasteiger partial charge is 0.105 e. The maximum Gasteiger partial charge on any atom is 0.105 e. The van der Waals surface area contributed by atoms with Crippen molar-refractivity contribution in [3.05, 3.63) is 23.8 Å². The Morgan fingerprint density at radius 3 is 2.28 bits per heavy atom. The molecule has 0 aromatic carbocycles. The highest BCUT2D eigenvalue weighted by atomic mass is 16.4. The molecule has 4 aliphatic carbocycles. The number of rotatable bonds is 4. The maximum atomic E-state index is 12.2. The van der Waals surface area contributed by atoms with E-state index in [1.54, 1.807) is 6.08 Å². The van der Waals surface area contributed by atoms with E-state index in [2.05, 4.69) is 46.8 Å². The van der Waals surface area contributed by atoms with Gasteiger partial charge in [0, 0.05) is 11.8 Å². The Labute approximate surface area is 194 Å². The summed E-state index contributed by atoms with van der Waals surface area (Å²) in [5.41, 5.74) is -2.40. The normalized spacial score (nSPS) is 50.5. The largest absolute Gasteiger partial charge is 0.393 e. The molecule has 3 saturated carbocycles. The van der Waals surface area contributed by atoms with Gasteiger partial charge in [0.2, 0.25) is 0 Å². The Hall–Kier alpha value is -0.680. The van der Waals surface area contributed by atoms with Crippen molar-refractivity contribution in [2.75, 3.05) is 0 Å². The van der Waals surface area contributed by atoms with Crippen molar-refractivity contribution in [2.45, 2.75) is 110 Å². The third kappa shape index (κ3) is 3.23. The summed E-state index contributed by atoms with van der Waals surface area (Å²) in [4.78, 5) is 0. The molecule has 0 aromatic rings. The van der Waals surface area contributed by atoms with Crippen LogP contribution in [0.3, 0.4) is 0 Å². The first kappa shape index (κ1) is 24.4. The molecular formula is C28H46O4. The lowest BCUT2D eigenvalue weighted by atomic mass is 9.43. The zero-order chi connectivity index (χ0) is 23.7. The second-order valence-electron chi connectivity index (χ2n) is 12.7. The van der Waals surface area contributed by atoms with Crippen molar-refractivity contribution < 1.29 is 20.4 Å². The molecule has 0 bridgehead atoms. The molecule has 182 valence electrons. The van der Waals surface area contributed by atoms with Gasteiger partial charge in [-0.25, -0.2) is 0 Å². The molecule has 10 atom stereocenters. The summed E-state index contributed by atoms with van der Waals surface area (Å²) in [5, 5.41) is 45.2. The molecule has 32 heavy (non-hydrogen) atoms. The van der Waals surface area contributed by atoms with E-state index < -0.39 is 28.8 Å². The Bertz CT molecular complexity index is 788. The Balaban J connectivity index is 1.67. The number of fused-ring (bicyclic) bond motifs is 5. The molecule has 0 saturated heterocycles.